The van der Waals surface area contributed by atoms with Crippen molar-refractivity contribution in [3.8, 4) is 6.07 Å². The van der Waals surface area contributed by atoms with E-state index in [2.05, 4.69) is 32.8 Å². The highest BCUT2D eigenvalue weighted by Gasteiger charge is 2.00. The van der Waals surface area contributed by atoms with Crippen LogP contribution in [0.3, 0.4) is 0 Å². The van der Waals surface area contributed by atoms with Crippen molar-refractivity contribution in [1.82, 2.24) is 4.98 Å². The highest BCUT2D eigenvalue weighted by atomic mass is 79.9. The minimum atomic E-state index is 0.454. The molecule has 0 saturated heterocycles. The number of nitriles is 1. The lowest BCUT2D eigenvalue weighted by Gasteiger charge is -2.05. The quantitative estimate of drug-likeness (QED) is 0.899. The van der Waals surface area contributed by atoms with Crippen LogP contribution in [0, 0.1) is 18.3 Å². The predicted octanol–water partition coefficient (Wildman–Crippen LogP) is 2.58. The SMILES string of the molecule is C=C(Br)CNc1ccc(C)c(C#N)n1. The zero-order chi connectivity index (χ0) is 10.6. The summed E-state index contributed by atoms with van der Waals surface area (Å²) in [5.41, 5.74) is 1.34. The molecule has 0 saturated carbocycles. The van der Waals surface area contributed by atoms with Gasteiger partial charge in [0.25, 0.3) is 0 Å². The molecule has 0 bridgehead atoms. The normalized spacial score (nSPS) is 9.21. The largest absolute Gasteiger partial charge is 0.365 e. The summed E-state index contributed by atoms with van der Waals surface area (Å²) in [6, 6.07) is 5.74. The Balaban J connectivity index is 2.80. The van der Waals surface area contributed by atoms with Crippen molar-refractivity contribution in [2.24, 2.45) is 0 Å². The molecular formula is C10H10BrN3. The van der Waals surface area contributed by atoms with Gasteiger partial charge >= 0.3 is 0 Å². The second kappa shape index (κ2) is 4.77. The van der Waals surface area contributed by atoms with Crippen LogP contribution in [0.1, 0.15) is 11.3 Å². The molecule has 1 aromatic rings. The highest BCUT2D eigenvalue weighted by molar-refractivity contribution is 9.11. The molecule has 3 nitrogen and oxygen atoms in total. The molecule has 0 radical (unpaired) electrons. The van der Waals surface area contributed by atoms with Gasteiger partial charge in [-0.1, -0.05) is 28.6 Å². The number of nitrogens with zero attached hydrogens (tertiary/aromatic N) is 2. The molecule has 14 heavy (non-hydrogen) atoms. The van der Waals surface area contributed by atoms with Crippen LogP contribution in [-0.4, -0.2) is 11.5 Å². The summed E-state index contributed by atoms with van der Waals surface area (Å²) in [6.07, 6.45) is 0. The topological polar surface area (TPSA) is 48.7 Å². The van der Waals surface area contributed by atoms with Crippen LogP contribution in [0.5, 0.6) is 0 Å². The van der Waals surface area contributed by atoms with Crippen LogP contribution >= 0.6 is 15.9 Å². The predicted molar refractivity (Wildman–Crippen MR) is 60.2 cm³/mol. The van der Waals surface area contributed by atoms with E-state index in [1.54, 1.807) is 0 Å². The number of anilines is 1. The number of halogens is 1. The van der Waals surface area contributed by atoms with E-state index in [1.807, 2.05) is 25.1 Å². The van der Waals surface area contributed by atoms with Gasteiger partial charge in [-0.3, -0.25) is 0 Å². The zero-order valence-electron chi connectivity index (χ0n) is 7.84. The van der Waals surface area contributed by atoms with Gasteiger partial charge in [0.2, 0.25) is 0 Å². The van der Waals surface area contributed by atoms with Crippen molar-refractivity contribution < 1.29 is 0 Å². The molecular weight excluding hydrogens is 242 g/mol. The van der Waals surface area contributed by atoms with Crippen molar-refractivity contribution in [1.29, 1.82) is 5.26 Å². The fourth-order valence-corrected chi connectivity index (χ4v) is 1.07. The molecule has 0 aliphatic heterocycles. The summed E-state index contributed by atoms with van der Waals surface area (Å²) in [5.74, 6) is 0.688. The van der Waals surface area contributed by atoms with E-state index >= 15 is 0 Å². The van der Waals surface area contributed by atoms with Gasteiger partial charge in [-0.15, -0.1) is 0 Å². The average Bonchev–Trinajstić information content (AvgIpc) is 2.16. The van der Waals surface area contributed by atoms with Crippen LogP contribution in [0.2, 0.25) is 0 Å². The Morgan fingerprint density at radius 2 is 2.43 bits per heavy atom. The first-order valence-corrected chi connectivity index (χ1v) is 4.87. The van der Waals surface area contributed by atoms with E-state index < -0.39 is 0 Å². The molecule has 4 heteroatoms. The van der Waals surface area contributed by atoms with Gasteiger partial charge < -0.3 is 5.32 Å². The van der Waals surface area contributed by atoms with Crippen molar-refractivity contribution in [2.45, 2.75) is 6.92 Å². The number of pyridine rings is 1. The van der Waals surface area contributed by atoms with Gasteiger partial charge in [-0.25, -0.2) is 4.98 Å². The monoisotopic (exact) mass is 251 g/mol. The number of hydrogen-bond acceptors (Lipinski definition) is 3. The van der Waals surface area contributed by atoms with Gasteiger partial charge in [0, 0.05) is 11.0 Å². The molecule has 0 fully saturated rings. The molecule has 0 aliphatic carbocycles. The second-order valence-corrected chi connectivity index (χ2v) is 3.97. The Bertz CT molecular complexity index is 393. The smallest absolute Gasteiger partial charge is 0.145 e. The van der Waals surface area contributed by atoms with Gasteiger partial charge in [0.15, 0.2) is 0 Å². The first kappa shape index (κ1) is 10.7. The van der Waals surface area contributed by atoms with Crippen molar-refractivity contribution in [2.75, 3.05) is 11.9 Å². The first-order chi connectivity index (χ1) is 6.63. The van der Waals surface area contributed by atoms with Crippen LogP contribution in [0.4, 0.5) is 5.82 Å². The highest BCUT2D eigenvalue weighted by Crippen LogP contribution is 2.10. The lowest BCUT2D eigenvalue weighted by atomic mass is 10.2. The van der Waals surface area contributed by atoms with Gasteiger partial charge in [-0.2, -0.15) is 5.26 Å². The lowest BCUT2D eigenvalue weighted by Crippen LogP contribution is -2.03. The number of aromatic nitrogens is 1. The number of hydrogen-bond donors (Lipinski definition) is 1. The fourth-order valence-electron chi connectivity index (χ4n) is 0.927. The maximum atomic E-state index is 8.75. The number of aryl methyl sites for hydroxylation is 1. The van der Waals surface area contributed by atoms with E-state index in [-0.39, 0.29) is 0 Å². The molecule has 1 heterocycles. The maximum absolute atomic E-state index is 8.75. The van der Waals surface area contributed by atoms with E-state index in [1.165, 1.54) is 0 Å². The molecule has 1 N–H and O–H groups in total. The molecule has 0 spiro atoms. The fraction of sp³-hybridized carbons (Fsp3) is 0.200. The van der Waals surface area contributed by atoms with E-state index in [9.17, 15) is 0 Å². The van der Waals surface area contributed by atoms with Crippen LogP contribution in [-0.2, 0) is 0 Å². The minimum absolute atomic E-state index is 0.454. The third-order valence-electron chi connectivity index (χ3n) is 1.66. The Kier molecular flexibility index (Phi) is 3.66. The summed E-state index contributed by atoms with van der Waals surface area (Å²) < 4.78 is 0.846. The molecule has 1 rings (SSSR count). The Hall–Kier alpha value is -1.34. The molecule has 1 aromatic heterocycles. The summed E-state index contributed by atoms with van der Waals surface area (Å²) in [5, 5.41) is 11.8. The van der Waals surface area contributed by atoms with Gasteiger partial charge in [-0.05, 0) is 18.6 Å². The lowest BCUT2D eigenvalue weighted by molar-refractivity contribution is 1.17. The van der Waals surface area contributed by atoms with Crippen LogP contribution in [0.25, 0.3) is 0 Å². The van der Waals surface area contributed by atoms with E-state index in [4.69, 9.17) is 5.26 Å². The van der Waals surface area contributed by atoms with Crippen molar-refractivity contribution in [3.63, 3.8) is 0 Å². The Morgan fingerprint density at radius 1 is 1.71 bits per heavy atom. The van der Waals surface area contributed by atoms with E-state index in [0.29, 0.717) is 18.1 Å². The third-order valence-corrected chi connectivity index (χ3v) is 1.94. The standard InChI is InChI=1S/C10H10BrN3/c1-7-3-4-10(13-6-8(2)11)14-9(7)5-12/h3-4H,2,6H2,1H3,(H,13,14). The average molecular weight is 252 g/mol. The molecule has 0 atom stereocenters. The van der Waals surface area contributed by atoms with Gasteiger partial charge in [0.05, 0.1) is 0 Å². The van der Waals surface area contributed by atoms with Crippen LogP contribution in [0.15, 0.2) is 23.2 Å². The minimum Gasteiger partial charge on any atom is -0.365 e. The summed E-state index contributed by atoms with van der Waals surface area (Å²) >= 11 is 3.23. The molecule has 72 valence electrons. The number of rotatable bonds is 3. The number of nitrogens with one attached hydrogen (secondary N) is 1. The molecule has 0 aromatic carbocycles. The molecule has 0 aliphatic rings. The van der Waals surface area contributed by atoms with Gasteiger partial charge in [0.1, 0.15) is 17.6 Å². The van der Waals surface area contributed by atoms with Crippen molar-refractivity contribution >= 4 is 21.7 Å². The first-order valence-electron chi connectivity index (χ1n) is 4.08. The Morgan fingerprint density at radius 3 is 3.00 bits per heavy atom. The summed E-state index contributed by atoms with van der Waals surface area (Å²) in [6.45, 7) is 6.15. The Labute approximate surface area is 91.6 Å². The molecule has 0 unspecified atom stereocenters. The second-order valence-electron chi connectivity index (χ2n) is 2.84. The van der Waals surface area contributed by atoms with E-state index in [0.717, 1.165) is 10.0 Å². The zero-order valence-corrected chi connectivity index (χ0v) is 9.43. The summed E-state index contributed by atoms with van der Waals surface area (Å²) in [7, 11) is 0. The maximum Gasteiger partial charge on any atom is 0.145 e. The third kappa shape index (κ3) is 2.86. The van der Waals surface area contributed by atoms with Crippen LogP contribution < -0.4 is 5.32 Å². The molecule has 0 amide bonds. The van der Waals surface area contributed by atoms with Crippen molar-refractivity contribution in [3.05, 3.63) is 34.5 Å². The summed E-state index contributed by atoms with van der Waals surface area (Å²) in [4.78, 5) is 4.13.